The van der Waals surface area contributed by atoms with Gasteiger partial charge in [0.1, 0.15) is 0 Å². The van der Waals surface area contributed by atoms with Crippen LogP contribution in [0.25, 0.3) is 0 Å². The third-order valence-corrected chi connectivity index (χ3v) is 3.05. The van der Waals surface area contributed by atoms with Crippen molar-refractivity contribution in [3.05, 3.63) is 0 Å². The maximum atomic E-state index is 11.5. The standard InChI is InChI=1S/C11H18ClNO2/c1-9(5-7-12)6-8-13-10(14)3-2-4-11(13)15/h9H,2-8H2,1H3. The van der Waals surface area contributed by atoms with E-state index in [0.29, 0.717) is 37.6 Å². The van der Waals surface area contributed by atoms with Gasteiger partial charge < -0.3 is 0 Å². The molecule has 0 N–H and O–H groups in total. The van der Waals surface area contributed by atoms with Crippen LogP contribution in [-0.4, -0.2) is 29.1 Å². The van der Waals surface area contributed by atoms with Crippen molar-refractivity contribution in [1.82, 2.24) is 4.90 Å². The molecule has 86 valence electrons. The van der Waals surface area contributed by atoms with Crippen molar-refractivity contribution in [3.63, 3.8) is 0 Å². The molecule has 0 aromatic heterocycles. The van der Waals surface area contributed by atoms with Gasteiger partial charge in [-0.05, 0) is 25.2 Å². The number of rotatable bonds is 5. The number of nitrogens with zero attached hydrogens (tertiary/aromatic N) is 1. The van der Waals surface area contributed by atoms with Gasteiger partial charge in [0.15, 0.2) is 0 Å². The average molecular weight is 232 g/mol. The first-order valence-corrected chi connectivity index (χ1v) is 6.07. The minimum absolute atomic E-state index is 0.00989. The summed E-state index contributed by atoms with van der Waals surface area (Å²) in [6.07, 6.45) is 3.57. The highest BCUT2D eigenvalue weighted by molar-refractivity contribution is 6.17. The monoisotopic (exact) mass is 231 g/mol. The number of halogens is 1. The maximum absolute atomic E-state index is 11.5. The number of piperidine rings is 1. The second-order valence-electron chi connectivity index (χ2n) is 4.16. The normalized spacial score (nSPS) is 19.5. The Bertz CT molecular complexity index is 227. The largest absolute Gasteiger partial charge is 0.283 e. The van der Waals surface area contributed by atoms with Gasteiger partial charge in [0, 0.05) is 25.3 Å². The topological polar surface area (TPSA) is 37.4 Å². The van der Waals surface area contributed by atoms with E-state index in [4.69, 9.17) is 11.6 Å². The zero-order valence-corrected chi connectivity index (χ0v) is 9.92. The van der Waals surface area contributed by atoms with Gasteiger partial charge in [-0.15, -0.1) is 11.6 Å². The van der Waals surface area contributed by atoms with Gasteiger partial charge in [0.25, 0.3) is 0 Å². The van der Waals surface area contributed by atoms with Crippen LogP contribution in [0.4, 0.5) is 0 Å². The summed E-state index contributed by atoms with van der Waals surface area (Å²) in [5.74, 6) is 1.10. The summed E-state index contributed by atoms with van der Waals surface area (Å²) in [7, 11) is 0. The molecule has 0 bridgehead atoms. The minimum atomic E-state index is -0.00989. The van der Waals surface area contributed by atoms with Crippen LogP contribution in [0, 0.1) is 5.92 Å². The molecule has 15 heavy (non-hydrogen) atoms. The van der Waals surface area contributed by atoms with E-state index in [1.807, 2.05) is 0 Å². The van der Waals surface area contributed by atoms with Gasteiger partial charge in [0.05, 0.1) is 0 Å². The number of alkyl halides is 1. The van der Waals surface area contributed by atoms with Gasteiger partial charge in [0.2, 0.25) is 11.8 Å². The Balaban J connectivity index is 2.35. The zero-order chi connectivity index (χ0) is 11.3. The molecule has 0 spiro atoms. The van der Waals surface area contributed by atoms with Crippen LogP contribution in [0.2, 0.25) is 0 Å². The molecule has 2 amide bonds. The Labute approximate surface area is 95.8 Å². The van der Waals surface area contributed by atoms with Gasteiger partial charge in [-0.3, -0.25) is 14.5 Å². The number of imide groups is 1. The summed E-state index contributed by atoms with van der Waals surface area (Å²) in [5.41, 5.74) is 0. The number of carbonyl (C=O) groups excluding carboxylic acids is 2. The molecule has 0 saturated carbocycles. The Morgan fingerprint density at radius 1 is 1.27 bits per heavy atom. The second-order valence-corrected chi connectivity index (χ2v) is 4.54. The molecular formula is C11H18ClNO2. The Morgan fingerprint density at radius 3 is 2.40 bits per heavy atom. The summed E-state index contributed by atoms with van der Waals surface area (Å²) in [6.45, 7) is 2.66. The molecule has 0 radical (unpaired) electrons. The Kier molecular flexibility index (Phi) is 5.09. The molecule has 1 aliphatic rings. The van der Waals surface area contributed by atoms with Crippen molar-refractivity contribution in [2.75, 3.05) is 12.4 Å². The highest BCUT2D eigenvalue weighted by Gasteiger charge is 2.25. The lowest BCUT2D eigenvalue weighted by atomic mass is 10.0. The third-order valence-electron chi connectivity index (χ3n) is 2.83. The van der Waals surface area contributed by atoms with E-state index < -0.39 is 0 Å². The lowest BCUT2D eigenvalue weighted by molar-refractivity contribution is -0.148. The molecule has 1 atom stereocenters. The first-order valence-electron chi connectivity index (χ1n) is 5.54. The van der Waals surface area contributed by atoms with Crippen molar-refractivity contribution >= 4 is 23.4 Å². The molecule has 1 aliphatic heterocycles. The molecule has 1 rings (SSSR count). The number of carbonyl (C=O) groups is 2. The van der Waals surface area contributed by atoms with Crippen molar-refractivity contribution in [3.8, 4) is 0 Å². The quantitative estimate of drug-likeness (QED) is 0.537. The maximum Gasteiger partial charge on any atom is 0.229 e. The molecule has 1 unspecified atom stereocenters. The molecule has 3 nitrogen and oxygen atoms in total. The van der Waals surface area contributed by atoms with Gasteiger partial charge in [-0.2, -0.15) is 0 Å². The molecule has 4 heteroatoms. The van der Waals surface area contributed by atoms with Crippen molar-refractivity contribution in [1.29, 1.82) is 0 Å². The van der Waals surface area contributed by atoms with Crippen LogP contribution < -0.4 is 0 Å². The van der Waals surface area contributed by atoms with E-state index in [-0.39, 0.29) is 11.8 Å². The first kappa shape index (κ1) is 12.5. The fourth-order valence-electron chi connectivity index (χ4n) is 1.73. The minimum Gasteiger partial charge on any atom is -0.283 e. The van der Waals surface area contributed by atoms with Crippen LogP contribution in [0.5, 0.6) is 0 Å². The van der Waals surface area contributed by atoms with E-state index in [0.717, 1.165) is 12.8 Å². The number of amides is 2. The van der Waals surface area contributed by atoms with Crippen LogP contribution >= 0.6 is 11.6 Å². The van der Waals surface area contributed by atoms with Gasteiger partial charge >= 0.3 is 0 Å². The fraction of sp³-hybridized carbons (Fsp3) is 0.818. The van der Waals surface area contributed by atoms with Crippen LogP contribution in [0.1, 0.15) is 39.0 Å². The highest BCUT2D eigenvalue weighted by Crippen LogP contribution is 2.15. The molecule has 0 aromatic rings. The number of hydrogen-bond acceptors (Lipinski definition) is 2. The lowest BCUT2D eigenvalue weighted by Gasteiger charge is -2.25. The lowest BCUT2D eigenvalue weighted by Crippen LogP contribution is -2.41. The summed E-state index contributed by atoms with van der Waals surface area (Å²) < 4.78 is 0. The van der Waals surface area contributed by atoms with Gasteiger partial charge in [-0.1, -0.05) is 6.92 Å². The predicted octanol–water partition coefficient (Wildman–Crippen LogP) is 2.18. The second kappa shape index (κ2) is 6.11. The SMILES string of the molecule is CC(CCCl)CCN1C(=O)CCCC1=O. The predicted molar refractivity (Wildman–Crippen MR) is 59.7 cm³/mol. The highest BCUT2D eigenvalue weighted by atomic mass is 35.5. The van der Waals surface area contributed by atoms with Gasteiger partial charge in [-0.25, -0.2) is 0 Å². The Hall–Kier alpha value is -0.570. The van der Waals surface area contributed by atoms with Crippen LogP contribution in [0.15, 0.2) is 0 Å². The summed E-state index contributed by atoms with van der Waals surface area (Å²) in [6, 6.07) is 0. The molecule has 1 saturated heterocycles. The van der Waals surface area contributed by atoms with E-state index in [2.05, 4.69) is 6.92 Å². The third kappa shape index (κ3) is 3.82. The van der Waals surface area contributed by atoms with E-state index in [1.165, 1.54) is 4.90 Å². The smallest absolute Gasteiger partial charge is 0.229 e. The van der Waals surface area contributed by atoms with E-state index in [1.54, 1.807) is 0 Å². The molecule has 1 heterocycles. The molecule has 0 aliphatic carbocycles. The summed E-state index contributed by atoms with van der Waals surface area (Å²) >= 11 is 5.63. The zero-order valence-electron chi connectivity index (χ0n) is 9.17. The summed E-state index contributed by atoms with van der Waals surface area (Å²) in [4.78, 5) is 24.3. The number of hydrogen-bond donors (Lipinski definition) is 0. The van der Waals surface area contributed by atoms with Crippen LogP contribution in [0.3, 0.4) is 0 Å². The fourth-order valence-corrected chi connectivity index (χ4v) is 2.10. The Morgan fingerprint density at radius 2 is 1.87 bits per heavy atom. The van der Waals surface area contributed by atoms with Crippen molar-refractivity contribution < 1.29 is 9.59 Å². The van der Waals surface area contributed by atoms with Crippen LogP contribution in [-0.2, 0) is 9.59 Å². The van der Waals surface area contributed by atoms with Crippen molar-refractivity contribution in [2.24, 2.45) is 5.92 Å². The first-order chi connectivity index (χ1) is 7.15. The molecule has 1 fully saturated rings. The van der Waals surface area contributed by atoms with E-state index >= 15 is 0 Å². The average Bonchev–Trinajstić information content (AvgIpc) is 2.17. The molecular weight excluding hydrogens is 214 g/mol. The van der Waals surface area contributed by atoms with E-state index in [9.17, 15) is 9.59 Å². The van der Waals surface area contributed by atoms with Crippen molar-refractivity contribution in [2.45, 2.75) is 39.0 Å². The number of likely N-dealkylation sites (tertiary alicyclic amines) is 1. The summed E-state index contributed by atoms with van der Waals surface area (Å²) in [5, 5.41) is 0. The molecule has 0 aromatic carbocycles.